The highest BCUT2D eigenvalue weighted by molar-refractivity contribution is 9.10. The standard InChI is InChI=1S/C19H23BrN2O4/c1-4-22(11-18(23)21-13(2)3)19(24)17-10-9-16(26-17)12-25-15-7-5-14(20)6-8-15/h5-10,13H,4,11-12H2,1-3H3,(H,21,23). The van der Waals surface area contributed by atoms with Gasteiger partial charge in [0.25, 0.3) is 5.91 Å². The molecule has 0 aliphatic rings. The Kier molecular flexibility index (Phi) is 7.26. The van der Waals surface area contributed by atoms with Gasteiger partial charge in [0, 0.05) is 17.1 Å². The zero-order valence-corrected chi connectivity index (χ0v) is 16.7. The van der Waals surface area contributed by atoms with Gasteiger partial charge in [0.1, 0.15) is 18.1 Å². The van der Waals surface area contributed by atoms with Gasteiger partial charge in [-0.05, 0) is 57.2 Å². The van der Waals surface area contributed by atoms with Crippen molar-refractivity contribution in [1.29, 1.82) is 0 Å². The average molecular weight is 423 g/mol. The van der Waals surface area contributed by atoms with E-state index < -0.39 is 0 Å². The Morgan fingerprint density at radius 2 is 1.88 bits per heavy atom. The molecule has 0 atom stereocenters. The van der Waals surface area contributed by atoms with Crippen LogP contribution in [0.1, 0.15) is 37.1 Å². The summed E-state index contributed by atoms with van der Waals surface area (Å²) in [5, 5.41) is 2.77. The Balaban J connectivity index is 1.94. The van der Waals surface area contributed by atoms with E-state index in [1.807, 2.05) is 45.0 Å². The van der Waals surface area contributed by atoms with E-state index in [0.29, 0.717) is 18.1 Å². The second kappa shape index (κ2) is 9.43. The maximum absolute atomic E-state index is 12.5. The van der Waals surface area contributed by atoms with Crippen LogP contribution in [0.15, 0.2) is 45.3 Å². The highest BCUT2D eigenvalue weighted by Gasteiger charge is 2.20. The smallest absolute Gasteiger partial charge is 0.290 e. The fraction of sp³-hybridized carbons (Fsp3) is 0.368. The minimum absolute atomic E-state index is 0.00105. The second-order valence-corrected chi connectivity index (χ2v) is 6.97. The summed E-state index contributed by atoms with van der Waals surface area (Å²) in [6.07, 6.45) is 0. The quantitative estimate of drug-likeness (QED) is 0.704. The van der Waals surface area contributed by atoms with Gasteiger partial charge in [-0.15, -0.1) is 0 Å². The lowest BCUT2D eigenvalue weighted by atomic mass is 10.3. The number of amides is 2. The van der Waals surface area contributed by atoms with Crippen LogP contribution < -0.4 is 10.1 Å². The van der Waals surface area contributed by atoms with E-state index in [1.54, 1.807) is 12.1 Å². The summed E-state index contributed by atoms with van der Waals surface area (Å²) in [6.45, 7) is 6.20. The zero-order chi connectivity index (χ0) is 19.1. The molecule has 1 aromatic carbocycles. The van der Waals surface area contributed by atoms with Crippen LogP contribution in [0, 0.1) is 0 Å². The van der Waals surface area contributed by atoms with Crippen molar-refractivity contribution in [3.05, 3.63) is 52.4 Å². The number of carbonyl (C=O) groups is 2. The topological polar surface area (TPSA) is 71.8 Å². The SMILES string of the molecule is CCN(CC(=O)NC(C)C)C(=O)c1ccc(COc2ccc(Br)cc2)o1. The molecular weight excluding hydrogens is 400 g/mol. The Labute approximate surface area is 161 Å². The first-order chi connectivity index (χ1) is 12.4. The fourth-order valence-corrected chi connectivity index (χ4v) is 2.54. The molecule has 0 fully saturated rings. The van der Waals surface area contributed by atoms with Crippen molar-refractivity contribution in [2.24, 2.45) is 0 Å². The maximum Gasteiger partial charge on any atom is 0.290 e. The molecule has 2 aromatic rings. The van der Waals surface area contributed by atoms with E-state index in [-0.39, 0.29) is 36.8 Å². The van der Waals surface area contributed by atoms with Crippen LogP contribution in [-0.2, 0) is 11.4 Å². The minimum Gasteiger partial charge on any atom is -0.486 e. The molecule has 140 valence electrons. The van der Waals surface area contributed by atoms with Gasteiger partial charge in [0.05, 0.1) is 6.54 Å². The molecule has 1 aromatic heterocycles. The minimum atomic E-state index is -0.318. The van der Waals surface area contributed by atoms with E-state index in [9.17, 15) is 9.59 Å². The molecule has 1 N–H and O–H groups in total. The first-order valence-electron chi connectivity index (χ1n) is 8.44. The summed E-state index contributed by atoms with van der Waals surface area (Å²) in [4.78, 5) is 25.9. The molecule has 2 rings (SSSR count). The van der Waals surface area contributed by atoms with Gasteiger partial charge >= 0.3 is 0 Å². The molecule has 0 spiro atoms. The molecule has 7 heteroatoms. The van der Waals surface area contributed by atoms with Crippen molar-refractivity contribution in [2.45, 2.75) is 33.4 Å². The summed E-state index contributed by atoms with van der Waals surface area (Å²) in [5.74, 6) is 0.928. The number of benzene rings is 1. The van der Waals surface area contributed by atoms with E-state index in [2.05, 4.69) is 21.2 Å². The third-order valence-corrected chi connectivity index (χ3v) is 4.05. The number of carbonyl (C=O) groups excluding carboxylic acids is 2. The average Bonchev–Trinajstić information content (AvgIpc) is 3.07. The lowest BCUT2D eigenvalue weighted by molar-refractivity contribution is -0.122. The largest absolute Gasteiger partial charge is 0.486 e. The molecule has 0 saturated heterocycles. The van der Waals surface area contributed by atoms with Crippen LogP contribution in [0.2, 0.25) is 0 Å². The summed E-state index contributed by atoms with van der Waals surface area (Å²) in [5.41, 5.74) is 0. The molecule has 0 aliphatic heterocycles. The van der Waals surface area contributed by atoms with Crippen LogP contribution in [0.5, 0.6) is 5.75 Å². The molecule has 6 nitrogen and oxygen atoms in total. The predicted octanol–water partition coefficient (Wildman–Crippen LogP) is 3.61. The number of nitrogens with one attached hydrogen (secondary N) is 1. The summed E-state index contributed by atoms with van der Waals surface area (Å²) in [7, 11) is 0. The van der Waals surface area contributed by atoms with Crippen molar-refractivity contribution >= 4 is 27.7 Å². The van der Waals surface area contributed by atoms with Crippen molar-refractivity contribution in [1.82, 2.24) is 10.2 Å². The van der Waals surface area contributed by atoms with Crippen LogP contribution in [0.25, 0.3) is 0 Å². The second-order valence-electron chi connectivity index (χ2n) is 6.05. The van der Waals surface area contributed by atoms with Crippen LogP contribution in [0.4, 0.5) is 0 Å². The Hall–Kier alpha value is -2.28. The molecule has 0 radical (unpaired) electrons. The summed E-state index contributed by atoms with van der Waals surface area (Å²) < 4.78 is 12.2. The third-order valence-electron chi connectivity index (χ3n) is 3.52. The van der Waals surface area contributed by atoms with Gasteiger partial charge in [-0.1, -0.05) is 15.9 Å². The van der Waals surface area contributed by atoms with Crippen LogP contribution in [0.3, 0.4) is 0 Å². The van der Waals surface area contributed by atoms with Gasteiger partial charge in [-0.25, -0.2) is 0 Å². The molecule has 0 unspecified atom stereocenters. The van der Waals surface area contributed by atoms with Gasteiger partial charge in [0.15, 0.2) is 5.76 Å². The lowest BCUT2D eigenvalue weighted by Crippen LogP contribution is -2.42. The van der Waals surface area contributed by atoms with E-state index in [1.165, 1.54) is 4.90 Å². The van der Waals surface area contributed by atoms with Gasteiger partial charge < -0.3 is 19.4 Å². The van der Waals surface area contributed by atoms with Gasteiger partial charge in [-0.3, -0.25) is 9.59 Å². The first kappa shape index (κ1) is 20.0. The van der Waals surface area contributed by atoms with Crippen molar-refractivity contribution < 1.29 is 18.7 Å². The molecule has 0 saturated carbocycles. The zero-order valence-electron chi connectivity index (χ0n) is 15.1. The lowest BCUT2D eigenvalue weighted by Gasteiger charge is -2.20. The molecule has 0 bridgehead atoms. The van der Waals surface area contributed by atoms with Crippen LogP contribution >= 0.6 is 15.9 Å². The van der Waals surface area contributed by atoms with E-state index in [0.717, 1.165) is 4.47 Å². The van der Waals surface area contributed by atoms with Crippen molar-refractivity contribution in [3.63, 3.8) is 0 Å². The first-order valence-corrected chi connectivity index (χ1v) is 9.24. The molecule has 2 amide bonds. The third kappa shape index (κ3) is 5.91. The normalized spacial score (nSPS) is 10.7. The maximum atomic E-state index is 12.5. The highest BCUT2D eigenvalue weighted by atomic mass is 79.9. The monoisotopic (exact) mass is 422 g/mol. The molecule has 1 heterocycles. The molecule has 0 aliphatic carbocycles. The Morgan fingerprint density at radius 1 is 1.19 bits per heavy atom. The Bertz CT molecular complexity index is 740. The number of ether oxygens (including phenoxy) is 1. The number of hydrogen-bond acceptors (Lipinski definition) is 4. The van der Waals surface area contributed by atoms with Gasteiger partial charge in [0.2, 0.25) is 5.91 Å². The summed E-state index contributed by atoms with van der Waals surface area (Å²) in [6, 6.07) is 10.8. The van der Waals surface area contributed by atoms with Crippen LogP contribution in [-0.4, -0.2) is 35.8 Å². The number of nitrogens with zero attached hydrogens (tertiary/aromatic N) is 1. The number of hydrogen-bond donors (Lipinski definition) is 1. The number of likely N-dealkylation sites (N-methyl/N-ethyl adjacent to an activating group) is 1. The molecular formula is C19H23BrN2O4. The fourth-order valence-electron chi connectivity index (χ4n) is 2.28. The van der Waals surface area contributed by atoms with E-state index in [4.69, 9.17) is 9.15 Å². The van der Waals surface area contributed by atoms with E-state index >= 15 is 0 Å². The Morgan fingerprint density at radius 3 is 2.50 bits per heavy atom. The van der Waals surface area contributed by atoms with Gasteiger partial charge in [-0.2, -0.15) is 0 Å². The number of halogens is 1. The number of rotatable bonds is 8. The van der Waals surface area contributed by atoms with Crippen molar-refractivity contribution in [2.75, 3.05) is 13.1 Å². The summed E-state index contributed by atoms with van der Waals surface area (Å²) >= 11 is 3.37. The van der Waals surface area contributed by atoms with Crippen molar-refractivity contribution in [3.8, 4) is 5.75 Å². The number of furan rings is 1. The highest BCUT2D eigenvalue weighted by Crippen LogP contribution is 2.18. The predicted molar refractivity (Wildman–Crippen MR) is 102 cm³/mol. The molecule has 26 heavy (non-hydrogen) atoms.